The van der Waals surface area contributed by atoms with E-state index in [-0.39, 0.29) is 134 Å². The van der Waals surface area contributed by atoms with Crippen LogP contribution in [0.4, 0.5) is 114 Å². The third-order valence-electron chi connectivity index (χ3n) is 15.3. The Morgan fingerprint density at radius 1 is 0.200 bits per heavy atom. The maximum Gasteiger partial charge on any atom is 0.416 e. The number of aromatic nitrogens is 1. The van der Waals surface area contributed by atoms with Crippen LogP contribution in [0.2, 0.25) is 0 Å². The molecule has 1 nitrogen and oxygen atoms in total. The number of halogens is 26. The van der Waals surface area contributed by atoms with Crippen LogP contribution in [0.15, 0.2) is 188 Å². The van der Waals surface area contributed by atoms with E-state index in [4.69, 9.17) is 0 Å². The Morgan fingerprint density at radius 2 is 0.432 bits per heavy atom. The SMILES string of the molecule is Fc1cc(F)cc(-c2ccccc2-n2c3ccc(-c4cc(-c5cc(C(F)(F)F)cc(C(F)(F)F)c5)cc(-c5cc(C(F)(F)F)cc(C(F)(F)F)c5)c4)cc3c3cc(-c4cc(-c5cc(C(F)(F)F)cc(C(F)(F)F)c5)cc(-c5cc(C(F)(F)F)cc(C(F)(F)F)c5)c4)ccc32)c1. The first-order valence-electron chi connectivity index (χ1n) is 27.0. The average molecular weight is 1360 g/mol. The summed E-state index contributed by atoms with van der Waals surface area (Å²) in [7, 11) is 0. The Morgan fingerprint density at radius 3 is 0.684 bits per heavy atom. The summed E-state index contributed by atoms with van der Waals surface area (Å²) in [6.07, 6.45) is -44.0. The Kier molecular flexibility index (Phi) is 16.1. The predicted octanol–water partition coefficient (Wildman–Crippen LogP) is 24.9. The highest BCUT2D eigenvalue weighted by atomic mass is 19.4. The summed E-state index contributed by atoms with van der Waals surface area (Å²) < 4.78 is 377. The van der Waals surface area contributed by atoms with Crippen molar-refractivity contribution in [2.75, 3.05) is 0 Å². The summed E-state index contributed by atoms with van der Waals surface area (Å²) in [6.45, 7) is 0. The van der Waals surface area contributed by atoms with E-state index in [1.54, 1.807) is 0 Å². The van der Waals surface area contributed by atoms with E-state index in [2.05, 4.69) is 0 Å². The third kappa shape index (κ3) is 13.8. The Balaban J connectivity index is 1.23. The number of alkyl halides is 24. The number of rotatable bonds is 8. The third-order valence-corrected chi connectivity index (χ3v) is 15.3. The Bertz CT molecular complexity index is 4260. The molecule has 1 aromatic heterocycles. The molecular weight excluding hydrogens is 1320 g/mol. The molecule has 0 N–H and O–H groups in total. The minimum Gasteiger partial charge on any atom is -0.309 e. The molecule has 0 amide bonds. The van der Waals surface area contributed by atoms with Gasteiger partial charge in [-0.05, 0) is 224 Å². The van der Waals surface area contributed by atoms with Crippen LogP contribution in [-0.2, 0) is 49.4 Å². The first kappa shape index (κ1) is 66.6. The standard InChI is InChI=1S/C68H31F26N/c69-53-23-44(24-54(70)31-53)55-3-1-2-4-58(55)95-59-7-5-32(34-9-36(40-15-45(61(71,72)73)27-46(16-40)62(74,75)76)13-37(10-34)41-17-47(63(77,78)79)28-48(18-41)64(80,81)82)25-56(59)57-26-33(6-8-60(57)95)35-11-38(42-19-49(65(83,84)85)29-50(20-42)66(86,87)88)14-39(12-35)43-21-51(67(89,90)91)30-52(22-43)68(92,93)94/h1-31H. The van der Waals surface area contributed by atoms with Crippen LogP contribution in [0.3, 0.4) is 0 Å². The largest absolute Gasteiger partial charge is 0.416 e. The fraction of sp³-hybridized carbons (Fsp3) is 0.118. The smallest absolute Gasteiger partial charge is 0.309 e. The first-order valence-corrected chi connectivity index (χ1v) is 27.0. The molecule has 0 unspecified atom stereocenters. The van der Waals surface area contributed by atoms with Crippen LogP contribution in [0.25, 0.3) is 105 Å². The quantitative estimate of drug-likeness (QED) is 0.134. The van der Waals surface area contributed by atoms with Crippen molar-refractivity contribution in [1.29, 1.82) is 0 Å². The molecule has 11 aromatic rings. The van der Waals surface area contributed by atoms with Crippen LogP contribution in [-0.4, -0.2) is 4.57 Å². The fourth-order valence-corrected chi connectivity index (χ4v) is 11.0. The molecule has 0 saturated carbocycles. The van der Waals surface area contributed by atoms with E-state index in [0.29, 0.717) is 6.07 Å². The van der Waals surface area contributed by atoms with Crippen LogP contribution in [0.1, 0.15) is 44.5 Å². The van der Waals surface area contributed by atoms with Crippen molar-refractivity contribution in [1.82, 2.24) is 4.57 Å². The van der Waals surface area contributed by atoms with Crippen LogP contribution >= 0.6 is 0 Å². The van der Waals surface area contributed by atoms with Crippen molar-refractivity contribution in [3.05, 3.63) is 244 Å². The van der Waals surface area contributed by atoms with Gasteiger partial charge in [-0.15, -0.1) is 0 Å². The monoisotopic (exact) mass is 1360 g/mol. The van der Waals surface area contributed by atoms with Gasteiger partial charge in [0.1, 0.15) is 11.6 Å². The summed E-state index contributed by atoms with van der Waals surface area (Å²) in [5.74, 6) is -2.12. The van der Waals surface area contributed by atoms with Gasteiger partial charge in [-0.25, -0.2) is 8.78 Å². The number of benzene rings is 10. The highest BCUT2D eigenvalue weighted by Gasteiger charge is 2.42. The van der Waals surface area contributed by atoms with Gasteiger partial charge in [-0.3, -0.25) is 0 Å². The second-order valence-corrected chi connectivity index (χ2v) is 21.8. The van der Waals surface area contributed by atoms with Gasteiger partial charge < -0.3 is 4.57 Å². The predicted molar refractivity (Wildman–Crippen MR) is 299 cm³/mol. The van der Waals surface area contributed by atoms with Crippen molar-refractivity contribution in [3.63, 3.8) is 0 Å². The molecule has 1 heterocycles. The minimum atomic E-state index is -5.49. The van der Waals surface area contributed by atoms with Crippen molar-refractivity contribution in [2.24, 2.45) is 0 Å². The lowest BCUT2D eigenvalue weighted by molar-refractivity contribution is -0.144. The van der Waals surface area contributed by atoms with Crippen LogP contribution in [0.5, 0.6) is 0 Å². The van der Waals surface area contributed by atoms with Gasteiger partial charge in [0.05, 0.1) is 61.2 Å². The highest BCUT2D eigenvalue weighted by molar-refractivity contribution is 6.12. The lowest BCUT2D eigenvalue weighted by atomic mass is 9.90. The lowest BCUT2D eigenvalue weighted by Gasteiger charge is -2.18. The van der Waals surface area contributed by atoms with E-state index in [1.165, 1.54) is 65.2 Å². The van der Waals surface area contributed by atoms with E-state index >= 15 is 0 Å². The molecule has 0 aliphatic heterocycles. The Labute approximate surface area is 516 Å². The minimum absolute atomic E-state index is 0.0276. The Hall–Kier alpha value is -9.82. The van der Waals surface area contributed by atoms with E-state index in [1.807, 2.05) is 0 Å². The molecule has 27 heteroatoms. The van der Waals surface area contributed by atoms with Crippen molar-refractivity contribution in [2.45, 2.75) is 49.4 Å². The van der Waals surface area contributed by atoms with E-state index < -0.39 is 150 Å². The zero-order valence-electron chi connectivity index (χ0n) is 46.7. The van der Waals surface area contributed by atoms with E-state index in [0.717, 1.165) is 48.5 Å². The topological polar surface area (TPSA) is 4.93 Å². The molecule has 0 radical (unpaired) electrons. The van der Waals surface area contributed by atoms with Gasteiger partial charge in [-0.2, -0.15) is 105 Å². The lowest BCUT2D eigenvalue weighted by Crippen LogP contribution is -2.11. The van der Waals surface area contributed by atoms with Crippen LogP contribution in [0, 0.1) is 11.6 Å². The molecule has 95 heavy (non-hydrogen) atoms. The number of nitrogens with zero attached hydrogens (tertiary/aromatic N) is 1. The summed E-state index contributed by atoms with van der Waals surface area (Å²) in [6, 6.07) is 21.8. The second-order valence-electron chi connectivity index (χ2n) is 21.8. The molecule has 0 aliphatic rings. The molecule has 10 aromatic carbocycles. The number of para-hydroxylation sites is 1. The molecule has 0 fully saturated rings. The molecule has 0 saturated heterocycles. The van der Waals surface area contributed by atoms with Gasteiger partial charge >= 0.3 is 49.4 Å². The zero-order valence-corrected chi connectivity index (χ0v) is 46.7. The summed E-state index contributed by atoms with van der Waals surface area (Å²) >= 11 is 0. The molecule has 0 atom stereocenters. The van der Waals surface area contributed by atoms with Crippen molar-refractivity contribution in [3.8, 4) is 83.6 Å². The van der Waals surface area contributed by atoms with Gasteiger partial charge in [0.25, 0.3) is 0 Å². The van der Waals surface area contributed by atoms with Gasteiger partial charge in [0, 0.05) is 22.4 Å². The van der Waals surface area contributed by atoms with Crippen molar-refractivity contribution >= 4 is 21.8 Å². The summed E-state index contributed by atoms with van der Waals surface area (Å²) in [5.41, 5.74) is -22.2. The van der Waals surface area contributed by atoms with E-state index in [9.17, 15) is 114 Å². The normalized spacial score (nSPS) is 13.2. The second kappa shape index (κ2) is 23.0. The van der Waals surface area contributed by atoms with Crippen LogP contribution < -0.4 is 0 Å². The summed E-state index contributed by atoms with van der Waals surface area (Å²) in [4.78, 5) is 0. The molecule has 0 spiro atoms. The maximum atomic E-state index is 15.0. The average Bonchev–Trinajstić information content (AvgIpc) is 1.61. The fourth-order valence-electron chi connectivity index (χ4n) is 11.0. The first-order chi connectivity index (χ1) is 43.9. The summed E-state index contributed by atoms with van der Waals surface area (Å²) in [5, 5.41) is -0.0553. The van der Waals surface area contributed by atoms with Crippen molar-refractivity contribution < 1.29 is 114 Å². The number of hydrogen-bond donors (Lipinski definition) is 0. The van der Waals surface area contributed by atoms with Gasteiger partial charge in [-0.1, -0.05) is 30.3 Å². The molecule has 0 aliphatic carbocycles. The number of fused-ring (bicyclic) bond motifs is 3. The highest BCUT2D eigenvalue weighted by Crippen LogP contribution is 2.48. The molecule has 490 valence electrons. The zero-order chi connectivity index (χ0) is 69.2. The molecule has 11 rings (SSSR count). The number of hydrogen-bond acceptors (Lipinski definition) is 0. The maximum absolute atomic E-state index is 15.0. The van der Waals surface area contributed by atoms with Gasteiger partial charge in [0.15, 0.2) is 0 Å². The van der Waals surface area contributed by atoms with Gasteiger partial charge in [0.2, 0.25) is 0 Å². The molecular formula is C68H31F26N. The molecule has 0 bridgehead atoms.